The van der Waals surface area contributed by atoms with Crippen LogP contribution in [0.2, 0.25) is 5.02 Å². The summed E-state index contributed by atoms with van der Waals surface area (Å²) in [4.78, 5) is 48.9. The summed E-state index contributed by atoms with van der Waals surface area (Å²) in [7, 11) is 0. The molecule has 0 unspecified atom stereocenters. The number of H-pyrrole nitrogens is 1. The highest BCUT2D eigenvalue weighted by Gasteiger charge is 2.52. The molecule has 3 aromatic rings. The standard InChI is InChI=1S/C35H44ClN7O4/c36-30-21-25(20-27-23-37-39-32(27)30)24-47-34(46)43-18-11-29(42-17-8-26-6-2-3-7-31(26)38-33(42)45)22-35(43,12-19-44)41-15-9-28(10-16-41)40-13-4-1-5-14-40/h2-3,6-7,19-21,23,28-29H,1,4-5,8-18,22,24H2,(H,37,39)(H,38,45)/t29-,35+/m1/s1. The lowest BCUT2D eigenvalue weighted by Crippen LogP contribution is -2.70. The number of nitrogens with one attached hydrogen (secondary N) is 2. The third kappa shape index (κ3) is 6.45. The summed E-state index contributed by atoms with van der Waals surface area (Å²) in [5.41, 5.74) is 2.55. The predicted molar refractivity (Wildman–Crippen MR) is 180 cm³/mol. The average Bonchev–Trinajstić information content (AvgIpc) is 3.51. The number of rotatable bonds is 7. The molecule has 1 aromatic heterocycles. The zero-order valence-electron chi connectivity index (χ0n) is 26.8. The second-order valence-corrected chi connectivity index (χ2v) is 13.9. The van der Waals surface area contributed by atoms with Gasteiger partial charge in [-0.1, -0.05) is 36.2 Å². The molecule has 7 rings (SSSR count). The maximum absolute atomic E-state index is 14.1. The van der Waals surface area contributed by atoms with Crippen molar-refractivity contribution in [3.8, 4) is 0 Å². The molecule has 2 aromatic carbocycles. The van der Waals surface area contributed by atoms with Crippen LogP contribution in [0, 0.1) is 0 Å². The summed E-state index contributed by atoms with van der Waals surface area (Å²) in [6.45, 7) is 4.83. The van der Waals surface area contributed by atoms with E-state index in [1.807, 2.05) is 29.2 Å². The fraction of sp³-hybridized carbons (Fsp3) is 0.543. The van der Waals surface area contributed by atoms with Gasteiger partial charge in [-0.25, -0.2) is 9.59 Å². The summed E-state index contributed by atoms with van der Waals surface area (Å²) in [6, 6.07) is 11.8. The Morgan fingerprint density at radius 2 is 1.81 bits per heavy atom. The molecule has 4 aliphatic heterocycles. The van der Waals surface area contributed by atoms with Crippen LogP contribution in [-0.4, -0.2) is 105 Å². The Balaban J connectivity index is 1.13. The van der Waals surface area contributed by atoms with Crippen molar-refractivity contribution in [1.82, 2.24) is 29.8 Å². The first kappa shape index (κ1) is 31.9. The number of halogens is 1. The second kappa shape index (κ2) is 13.8. The fourth-order valence-corrected chi connectivity index (χ4v) is 8.70. The number of benzene rings is 2. The van der Waals surface area contributed by atoms with Crippen molar-refractivity contribution < 1.29 is 19.1 Å². The number of aromatic amines is 1. The van der Waals surface area contributed by atoms with Gasteiger partial charge in [-0.2, -0.15) is 5.10 Å². The zero-order chi connectivity index (χ0) is 32.4. The minimum atomic E-state index is -0.903. The Morgan fingerprint density at radius 1 is 1.02 bits per heavy atom. The molecule has 2 N–H and O–H groups in total. The number of carbonyl (C=O) groups is 3. The molecule has 0 spiro atoms. The van der Waals surface area contributed by atoms with E-state index in [9.17, 15) is 14.4 Å². The Bertz CT molecular complexity index is 1600. The van der Waals surface area contributed by atoms with Crippen molar-refractivity contribution in [2.45, 2.75) is 82.1 Å². The van der Waals surface area contributed by atoms with Gasteiger partial charge in [-0.15, -0.1) is 0 Å². The minimum Gasteiger partial charge on any atom is -0.444 e. The Hall–Kier alpha value is -3.67. The average molecular weight is 662 g/mol. The van der Waals surface area contributed by atoms with E-state index in [0.717, 1.165) is 79.4 Å². The van der Waals surface area contributed by atoms with Gasteiger partial charge in [0.05, 0.1) is 16.7 Å². The van der Waals surface area contributed by atoms with Crippen molar-refractivity contribution in [3.63, 3.8) is 0 Å². The topological polar surface area (TPSA) is 114 Å². The summed E-state index contributed by atoms with van der Waals surface area (Å²) >= 11 is 6.46. The lowest BCUT2D eigenvalue weighted by Gasteiger charge is -2.57. The molecule has 2 atom stereocenters. The van der Waals surface area contributed by atoms with Gasteiger partial charge in [0.15, 0.2) is 0 Å². The number of hydrogen-bond donors (Lipinski definition) is 2. The molecule has 0 saturated carbocycles. The van der Waals surface area contributed by atoms with E-state index in [4.69, 9.17) is 16.3 Å². The van der Waals surface area contributed by atoms with Crippen molar-refractivity contribution >= 4 is 46.6 Å². The molecule has 4 aliphatic rings. The van der Waals surface area contributed by atoms with Gasteiger partial charge in [-0.3, -0.25) is 14.9 Å². The largest absolute Gasteiger partial charge is 0.444 e. The summed E-state index contributed by atoms with van der Waals surface area (Å²) < 4.78 is 5.97. The molecule has 3 saturated heterocycles. The van der Waals surface area contributed by atoms with E-state index < -0.39 is 11.8 Å². The van der Waals surface area contributed by atoms with Crippen LogP contribution in [0.15, 0.2) is 42.6 Å². The number of para-hydroxylation sites is 1. The fourth-order valence-electron chi connectivity index (χ4n) is 8.41. The third-order valence-corrected chi connectivity index (χ3v) is 11.1. The smallest absolute Gasteiger partial charge is 0.411 e. The zero-order valence-corrected chi connectivity index (χ0v) is 27.6. The number of hydrogen-bond acceptors (Lipinski definition) is 7. The SMILES string of the molecule is O=CC[C@@]1(N2CCC(N3CCCCC3)CC2)C[C@H](N2CCc3ccccc3NC2=O)CCN1C(=O)OCc1cc(Cl)c2[nH]ncc2c1. The number of amides is 3. The quantitative estimate of drug-likeness (QED) is 0.315. The summed E-state index contributed by atoms with van der Waals surface area (Å²) in [6.07, 6.45) is 9.89. The van der Waals surface area contributed by atoms with Gasteiger partial charge in [-0.05, 0) is 80.9 Å². The number of aldehydes is 1. The number of piperidine rings is 3. The van der Waals surface area contributed by atoms with E-state index in [0.29, 0.717) is 37.0 Å². The summed E-state index contributed by atoms with van der Waals surface area (Å²) in [5.74, 6) is 0. The van der Waals surface area contributed by atoms with E-state index in [2.05, 4.69) is 31.4 Å². The molecule has 12 heteroatoms. The van der Waals surface area contributed by atoms with Gasteiger partial charge in [0.25, 0.3) is 0 Å². The van der Waals surface area contributed by atoms with Crippen molar-refractivity contribution in [2.24, 2.45) is 0 Å². The van der Waals surface area contributed by atoms with E-state index in [-0.39, 0.29) is 25.1 Å². The first-order valence-electron chi connectivity index (χ1n) is 17.1. The van der Waals surface area contributed by atoms with Crippen molar-refractivity contribution in [1.29, 1.82) is 0 Å². The molecule has 0 bridgehead atoms. The first-order valence-corrected chi connectivity index (χ1v) is 17.5. The van der Waals surface area contributed by atoms with Crippen molar-refractivity contribution in [2.75, 3.05) is 44.6 Å². The number of nitrogens with zero attached hydrogens (tertiary/aromatic N) is 5. The van der Waals surface area contributed by atoms with Gasteiger partial charge in [0, 0.05) is 62.2 Å². The maximum atomic E-state index is 14.1. The normalized spacial score (nSPS) is 24.9. The van der Waals surface area contributed by atoms with E-state index in [1.54, 1.807) is 17.2 Å². The highest BCUT2D eigenvalue weighted by molar-refractivity contribution is 6.35. The predicted octanol–water partition coefficient (Wildman–Crippen LogP) is 5.64. The molecule has 5 heterocycles. The van der Waals surface area contributed by atoms with Crippen LogP contribution in [0.1, 0.15) is 62.5 Å². The van der Waals surface area contributed by atoms with Crippen LogP contribution in [0.25, 0.3) is 10.9 Å². The molecule has 3 amide bonds. The molecule has 0 radical (unpaired) electrons. The molecule has 0 aliphatic carbocycles. The van der Waals surface area contributed by atoms with Crippen LogP contribution in [-0.2, 0) is 22.6 Å². The number of anilines is 1. The number of likely N-dealkylation sites (tertiary alicyclic amines) is 3. The first-order chi connectivity index (χ1) is 22.9. The second-order valence-electron chi connectivity index (χ2n) is 13.5. The van der Waals surface area contributed by atoms with E-state index >= 15 is 0 Å². The van der Waals surface area contributed by atoms with Crippen LogP contribution < -0.4 is 5.32 Å². The van der Waals surface area contributed by atoms with Crippen molar-refractivity contribution in [3.05, 3.63) is 58.7 Å². The Labute approximate surface area is 280 Å². The Morgan fingerprint density at radius 3 is 2.62 bits per heavy atom. The van der Waals surface area contributed by atoms with Crippen LogP contribution >= 0.6 is 11.6 Å². The monoisotopic (exact) mass is 661 g/mol. The maximum Gasteiger partial charge on any atom is 0.411 e. The number of ether oxygens (including phenoxy) is 1. The van der Waals surface area contributed by atoms with Gasteiger partial charge in [0.1, 0.15) is 18.6 Å². The lowest BCUT2D eigenvalue weighted by molar-refractivity contribution is -0.128. The lowest BCUT2D eigenvalue weighted by atomic mass is 9.84. The van der Waals surface area contributed by atoms with Crippen LogP contribution in [0.4, 0.5) is 15.3 Å². The summed E-state index contributed by atoms with van der Waals surface area (Å²) in [5, 5.41) is 11.4. The molecule has 47 heavy (non-hydrogen) atoms. The van der Waals surface area contributed by atoms with Gasteiger partial charge < -0.3 is 24.6 Å². The number of carbonyl (C=O) groups excluding carboxylic acids is 3. The minimum absolute atomic E-state index is 0.0423. The van der Waals surface area contributed by atoms with Gasteiger partial charge >= 0.3 is 12.1 Å². The van der Waals surface area contributed by atoms with E-state index in [1.165, 1.54) is 19.3 Å². The number of urea groups is 1. The van der Waals surface area contributed by atoms with Crippen LogP contribution in [0.5, 0.6) is 0 Å². The number of fused-ring (bicyclic) bond motifs is 2. The van der Waals surface area contributed by atoms with Gasteiger partial charge in [0.2, 0.25) is 0 Å². The highest BCUT2D eigenvalue weighted by Crippen LogP contribution is 2.40. The molecule has 250 valence electrons. The molecular formula is C35H44ClN7O4. The molecule has 3 fully saturated rings. The number of aromatic nitrogens is 2. The Kier molecular flexibility index (Phi) is 9.38. The molecule has 11 nitrogen and oxygen atoms in total. The van der Waals surface area contributed by atoms with Crippen LogP contribution in [0.3, 0.4) is 0 Å². The molecular weight excluding hydrogens is 618 g/mol. The third-order valence-electron chi connectivity index (χ3n) is 10.8. The highest BCUT2D eigenvalue weighted by atomic mass is 35.5.